The van der Waals surface area contributed by atoms with E-state index in [0.29, 0.717) is 12.5 Å². The van der Waals surface area contributed by atoms with Gasteiger partial charge in [-0.05, 0) is 67.2 Å². The number of aromatic carboxylic acids is 1. The number of likely N-dealkylation sites (tertiary alicyclic amines) is 1. The summed E-state index contributed by atoms with van der Waals surface area (Å²) in [7, 11) is 0. The second-order valence-electron chi connectivity index (χ2n) is 9.05. The number of nitrogens with one attached hydrogen (secondary N) is 1. The monoisotopic (exact) mass is 514 g/mol. The Kier molecular flexibility index (Phi) is 11.7. The van der Waals surface area contributed by atoms with E-state index >= 15 is 0 Å². The number of nitrogens with zero attached hydrogens (tertiary/aromatic N) is 3. The Morgan fingerprint density at radius 3 is 2.18 bits per heavy atom. The number of piperidine rings is 1. The molecule has 0 radical (unpaired) electrons. The maximum Gasteiger partial charge on any atom is 0.337 e. The van der Waals surface area contributed by atoms with Gasteiger partial charge in [0.2, 0.25) is 5.91 Å². The summed E-state index contributed by atoms with van der Waals surface area (Å²) in [5.41, 5.74) is 1.91. The normalized spacial score (nSPS) is 13.4. The summed E-state index contributed by atoms with van der Waals surface area (Å²) < 4.78 is 0. The highest BCUT2D eigenvalue weighted by Gasteiger charge is 2.23. The molecule has 0 aliphatic carbocycles. The van der Waals surface area contributed by atoms with Crippen LogP contribution in [-0.2, 0) is 4.79 Å². The molecule has 0 spiro atoms. The number of benzene rings is 1. The van der Waals surface area contributed by atoms with Crippen LogP contribution in [0.15, 0.2) is 85.5 Å². The molecule has 2 N–H and O–H groups in total. The minimum atomic E-state index is -0.942. The first kappa shape index (κ1) is 28.2. The predicted molar refractivity (Wildman–Crippen MR) is 146 cm³/mol. The number of hydrogen-bond acceptors (Lipinski definition) is 5. The van der Waals surface area contributed by atoms with Gasteiger partial charge in [-0.2, -0.15) is 0 Å². The molecule has 1 aliphatic rings. The number of carboxylic acids is 1. The maximum absolute atomic E-state index is 12.5. The van der Waals surface area contributed by atoms with E-state index in [1.165, 1.54) is 18.5 Å². The number of unbranched alkanes of at least 4 members (excludes halogenated alkanes) is 1. The summed E-state index contributed by atoms with van der Waals surface area (Å²) in [6, 6.07) is 16.4. The number of amides is 2. The van der Waals surface area contributed by atoms with Gasteiger partial charge in [-0.3, -0.25) is 19.6 Å². The van der Waals surface area contributed by atoms with Crippen LogP contribution >= 0.6 is 0 Å². The molecule has 4 rings (SSSR count). The molecule has 1 fully saturated rings. The van der Waals surface area contributed by atoms with Crippen LogP contribution in [-0.4, -0.2) is 57.4 Å². The SMILES string of the molecule is O=C(/C=C/c1cccnc1)NCCCCC1CCN(C(=O)c2ccccc2)CC1.O=C(O)c1cccnc1. The molecule has 8 nitrogen and oxygen atoms in total. The highest BCUT2D eigenvalue weighted by Crippen LogP contribution is 2.23. The van der Waals surface area contributed by atoms with E-state index in [2.05, 4.69) is 15.3 Å². The van der Waals surface area contributed by atoms with E-state index < -0.39 is 5.97 Å². The Morgan fingerprint density at radius 2 is 1.58 bits per heavy atom. The Bertz CT molecular complexity index is 1160. The van der Waals surface area contributed by atoms with Gasteiger partial charge in [0, 0.05) is 56.1 Å². The van der Waals surface area contributed by atoms with Crippen LogP contribution in [0.25, 0.3) is 6.08 Å². The molecule has 8 heteroatoms. The smallest absolute Gasteiger partial charge is 0.337 e. The zero-order valence-electron chi connectivity index (χ0n) is 21.4. The van der Waals surface area contributed by atoms with Gasteiger partial charge in [0.25, 0.3) is 5.91 Å². The zero-order valence-corrected chi connectivity index (χ0v) is 21.4. The van der Waals surface area contributed by atoms with Crippen molar-refractivity contribution >= 4 is 23.9 Å². The number of aromatic nitrogens is 2. The number of carbonyl (C=O) groups excluding carboxylic acids is 2. The zero-order chi connectivity index (χ0) is 27.0. The summed E-state index contributed by atoms with van der Waals surface area (Å²) in [6.07, 6.45) is 15.0. The Labute approximate surface area is 223 Å². The van der Waals surface area contributed by atoms with Gasteiger partial charge >= 0.3 is 5.97 Å². The van der Waals surface area contributed by atoms with Gasteiger partial charge in [0.15, 0.2) is 0 Å². The summed E-state index contributed by atoms with van der Waals surface area (Å²) in [5.74, 6) is -0.188. The lowest BCUT2D eigenvalue weighted by atomic mass is 9.91. The summed E-state index contributed by atoms with van der Waals surface area (Å²) in [4.78, 5) is 44.1. The molecule has 0 saturated carbocycles. The Balaban J connectivity index is 0.000000375. The van der Waals surface area contributed by atoms with Gasteiger partial charge in [-0.15, -0.1) is 0 Å². The van der Waals surface area contributed by atoms with Gasteiger partial charge in [-0.25, -0.2) is 4.79 Å². The quantitative estimate of drug-likeness (QED) is 0.316. The third kappa shape index (κ3) is 9.97. The summed E-state index contributed by atoms with van der Waals surface area (Å²) in [6.45, 7) is 2.38. The minimum absolute atomic E-state index is 0.0680. The molecule has 0 bridgehead atoms. The van der Waals surface area contributed by atoms with Gasteiger partial charge in [0.1, 0.15) is 0 Å². The summed E-state index contributed by atoms with van der Waals surface area (Å²) in [5, 5.41) is 11.3. The van der Waals surface area contributed by atoms with Crippen molar-refractivity contribution in [2.45, 2.75) is 32.1 Å². The van der Waals surface area contributed by atoms with Crippen LogP contribution in [0, 0.1) is 5.92 Å². The van der Waals surface area contributed by atoms with Crippen LogP contribution in [0.2, 0.25) is 0 Å². The number of rotatable bonds is 9. The molecule has 0 atom stereocenters. The molecular weight excluding hydrogens is 480 g/mol. The lowest BCUT2D eigenvalue weighted by Crippen LogP contribution is -2.38. The lowest BCUT2D eigenvalue weighted by Gasteiger charge is -2.32. The maximum atomic E-state index is 12.5. The van der Waals surface area contributed by atoms with E-state index in [0.717, 1.165) is 56.3 Å². The lowest BCUT2D eigenvalue weighted by molar-refractivity contribution is -0.116. The largest absolute Gasteiger partial charge is 0.478 e. The number of pyridine rings is 2. The van der Waals surface area contributed by atoms with E-state index in [4.69, 9.17) is 5.11 Å². The van der Waals surface area contributed by atoms with Crippen molar-refractivity contribution in [3.8, 4) is 0 Å². The van der Waals surface area contributed by atoms with E-state index in [1.54, 1.807) is 30.6 Å². The fraction of sp³-hybridized carbons (Fsp3) is 0.300. The molecule has 0 unspecified atom stereocenters. The van der Waals surface area contributed by atoms with Crippen LogP contribution in [0.5, 0.6) is 0 Å². The molecule has 1 aromatic carbocycles. The third-order valence-corrected chi connectivity index (χ3v) is 6.28. The number of carboxylic acid groups (broad SMARTS) is 1. The molecule has 1 aliphatic heterocycles. The van der Waals surface area contributed by atoms with Gasteiger partial charge < -0.3 is 15.3 Å². The van der Waals surface area contributed by atoms with Crippen molar-refractivity contribution in [1.29, 1.82) is 0 Å². The first-order valence-corrected chi connectivity index (χ1v) is 12.9. The minimum Gasteiger partial charge on any atom is -0.478 e. The van der Waals surface area contributed by atoms with Crippen molar-refractivity contribution in [2.24, 2.45) is 5.92 Å². The van der Waals surface area contributed by atoms with E-state index in [-0.39, 0.29) is 17.4 Å². The van der Waals surface area contributed by atoms with Crippen molar-refractivity contribution in [3.63, 3.8) is 0 Å². The third-order valence-electron chi connectivity index (χ3n) is 6.28. The van der Waals surface area contributed by atoms with Gasteiger partial charge in [-0.1, -0.05) is 37.1 Å². The highest BCUT2D eigenvalue weighted by molar-refractivity contribution is 5.94. The number of carbonyl (C=O) groups is 3. The van der Waals surface area contributed by atoms with Crippen LogP contribution in [0.3, 0.4) is 0 Å². The molecule has 3 heterocycles. The average Bonchev–Trinajstić information content (AvgIpc) is 2.97. The van der Waals surface area contributed by atoms with Crippen LogP contribution in [0.1, 0.15) is 58.4 Å². The molecule has 38 heavy (non-hydrogen) atoms. The van der Waals surface area contributed by atoms with Crippen molar-refractivity contribution in [3.05, 3.63) is 102 Å². The van der Waals surface area contributed by atoms with Crippen molar-refractivity contribution < 1.29 is 19.5 Å². The second kappa shape index (κ2) is 15.7. The molecule has 1 saturated heterocycles. The van der Waals surface area contributed by atoms with E-state index in [1.807, 2.05) is 47.4 Å². The summed E-state index contributed by atoms with van der Waals surface area (Å²) >= 11 is 0. The van der Waals surface area contributed by atoms with Crippen molar-refractivity contribution in [1.82, 2.24) is 20.2 Å². The van der Waals surface area contributed by atoms with E-state index in [9.17, 15) is 14.4 Å². The van der Waals surface area contributed by atoms with Crippen molar-refractivity contribution in [2.75, 3.05) is 19.6 Å². The first-order valence-electron chi connectivity index (χ1n) is 12.9. The average molecular weight is 515 g/mol. The van der Waals surface area contributed by atoms with Gasteiger partial charge in [0.05, 0.1) is 5.56 Å². The Morgan fingerprint density at radius 1 is 0.895 bits per heavy atom. The standard InChI is InChI=1S/C24H29N3O2.C6H5NO2/c28-23(12-11-21-8-6-15-25-19-21)26-16-5-4-7-20-13-17-27(18-14-20)24(29)22-9-2-1-3-10-22;8-6(9)5-2-1-3-7-4-5/h1-3,6,8-12,15,19-20H,4-5,7,13-14,16-18H2,(H,26,28);1-4H,(H,8,9)/b12-11+;. The number of hydrogen-bond donors (Lipinski definition) is 2. The molecular formula is C30H34N4O4. The molecule has 3 aromatic rings. The topological polar surface area (TPSA) is 112 Å². The molecule has 2 amide bonds. The predicted octanol–water partition coefficient (Wildman–Crippen LogP) is 4.71. The van der Waals surface area contributed by atoms with Crippen LogP contribution in [0.4, 0.5) is 0 Å². The fourth-order valence-electron chi connectivity index (χ4n) is 4.15. The second-order valence-corrected chi connectivity index (χ2v) is 9.05. The Hall–Kier alpha value is -4.33. The first-order chi connectivity index (χ1) is 18.5. The molecule has 198 valence electrons. The highest BCUT2D eigenvalue weighted by atomic mass is 16.4. The fourth-order valence-corrected chi connectivity index (χ4v) is 4.15. The molecule has 2 aromatic heterocycles. The van der Waals surface area contributed by atoms with Crippen LogP contribution < -0.4 is 5.32 Å².